The highest BCUT2D eigenvalue weighted by Gasteiger charge is 2.14. The van der Waals surface area contributed by atoms with E-state index in [2.05, 4.69) is 16.7 Å². The number of hydrogen-bond acceptors (Lipinski definition) is 4. The number of aliphatic hydroxyl groups is 1. The first-order valence-electron chi connectivity index (χ1n) is 5.50. The van der Waals surface area contributed by atoms with E-state index >= 15 is 0 Å². The van der Waals surface area contributed by atoms with Crippen LogP contribution in [0.5, 0.6) is 0 Å². The lowest BCUT2D eigenvalue weighted by molar-refractivity contribution is 0.0585. The summed E-state index contributed by atoms with van der Waals surface area (Å²) in [4.78, 5) is 4.88. The maximum atomic E-state index is 8.52. The average Bonchev–Trinajstić information content (AvgIpc) is 2.25. The standard InChI is InChI=1S/C10H22N2O2/c1-2-11-3-5-12(6-4-11)7-9-14-10-8-13/h13H,2-10H2,1H3. The zero-order valence-electron chi connectivity index (χ0n) is 9.11. The monoisotopic (exact) mass is 202 g/mol. The third kappa shape index (κ3) is 4.37. The van der Waals surface area contributed by atoms with Gasteiger partial charge in [-0.1, -0.05) is 6.92 Å². The first-order chi connectivity index (χ1) is 6.86. The highest BCUT2D eigenvalue weighted by atomic mass is 16.5. The topological polar surface area (TPSA) is 35.9 Å². The third-order valence-electron chi connectivity index (χ3n) is 2.70. The molecule has 0 atom stereocenters. The van der Waals surface area contributed by atoms with Crippen molar-refractivity contribution in [1.82, 2.24) is 9.80 Å². The van der Waals surface area contributed by atoms with Gasteiger partial charge in [0.2, 0.25) is 0 Å². The predicted octanol–water partition coefficient (Wildman–Crippen LogP) is -0.367. The van der Waals surface area contributed by atoms with E-state index in [1.807, 2.05) is 0 Å². The summed E-state index contributed by atoms with van der Waals surface area (Å²) in [6.07, 6.45) is 0. The van der Waals surface area contributed by atoms with Gasteiger partial charge in [-0.05, 0) is 6.54 Å². The van der Waals surface area contributed by atoms with Gasteiger partial charge in [0.25, 0.3) is 0 Å². The third-order valence-corrected chi connectivity index (χ3v) is 2.70. The van der Waals surface area contributed by atoms with Crippen molar-refractivity contribution in [3.63, 3.8) is 0 Å². The van der Waals surface area contributed by atoms with E-state index < -0.39 is 0 Å². The second-order valence-electron chi connectivity index (χ2n) is 3.61. The first-order valence-corrected chi connectivity index (χ1v) is 5.50. The molecule has 0 amide bonds. The van der Waals surface area contributed by atoms with Gasteiger partial charge >= 0.3 is 0 Å². The van der Waals surface area contributed by atoms with Crippen LogP contribution in [-0.2, 0) is 4.74 Å². The largest absolute Gasteiger partial charge is 0.394 e. The van der Waals surface area contributed by atoms with Gasteiger partial charge in [-0.2, -0.15) is 0 Å². The fourth-order valence-electron chi connectivity index (χ4n) is 1.69. The Balaban J connectivity index is 1.98. The average molecular weight is 202 g/mol. The normalized spacial score (nSPS) is 20.1. The second-order valence-corrected chi connectivity index (χ2v) is 3.61. The number of rotatable bonds is 6. The van der Waals surface area contributed by atoms with E-state index in [1.54, 1.807) is 0 Å². The van der Waals surface area contributed by atoms with Gasteiger partial charge in [0, 0.05) is 32.7 Å². The summed E-state index contributed by atoms with van der Waals surface area (Å²) in [5.74, 6) is 0. The highest BCUT2D eigenvalue weighted by molar-refractivity contribution is 4.70. The van der Waals surface area contributed by atoms with E-state index in [4.69, 9.17) is 9.84 Å². The minimum atomic E-state index is 0.129. The lowest BCUT2D eigenvalue weighted by Gasteiger charge is -2.33. The number of nitrogens with zero attached hydrogens (tertiary/aromatic N) is 2. The zero-order chi connectivity index (χ0) is 10.2. The molecule has 0 radical (unpaired) electrons. The van der Waals surface area contributed by atoms with Crippen LogP contribution in [0.1, 0.15) is 6.92 Å². The maximum Gasteiger partial charge on any atom is 0.0698 e. The quantitative estimate of drug-likeness (QED) is 0.596. The Morgan fingerprint density at radius 1 is 1.07 bits per heavy atom. The van der Waals surface area contributed by atoms with Crippen LogP contribution in [0.15, 0.2) is 0 Å². The van der Waals surface area contributed by atoms with Gasteiger partial charge in [0.15, 0.2) is 0 Å². The van der Waals surface area contributed by atoms with E-state index in [9.17, 15) is 0 Å². The fourth-order valence-corrected chi connectivity index (χ4v) is 1.69. The minimum Gasteiger partial charge on any atom is -0.394 e. The van der Waals surface area contributed by atoms with Crippen molar-refractivity contribution < 1.29 is 9.84 Å². The van der Waals surface area contributed by atoms with Crippen LogP contribution in [0.3, 0.4) is 0 Å². The Hall–Kier alpha value is -0.160. The molecule has 1 aliphatic rings. The SMILES string of the molecule is CCN1CCN(CCOCCO)CC1. The lowest BCUT2D eigenvalue weighted by atomic mass is 10.3. The predicted molar refractivity (Wildman–Crippen MR) is 56.5 cm³/mol. The number of hydrogen-bond donors (Lipinski definition) is 1. The van der Waals surface area contributed by atoms with Gasteiger partial charge in [0.05, 0.1) is 19.8 Å². The molecule has 14 heavy (non-hydrogen) atoms. The number of aliphatic hydroxyl groups excluding tert-OH is 1. The van der Waals surface area contributed by atoms with Gasteiger partial charge in [-0.15, -0.1) is 0 Å². The molecule has 0 aliphatic carbocycles. The minimum absolute atomic E-state index is 0.129. The molecule has 0 aromatic heterocycles. The molecule has 1 fully saturated rings. The first kappa shape index (κ1) is 11.9. The summed E-state index contributed by atoms with van der Waals surface area (Å²) in [7, 11) is 0. The number of likely N-dealkylation sites (N-methyl/N-ethyl adjacent to an activating group) is 1. The van der Waals surface area contributed by atoms with E-state index in [0.717, 1.165) is 32.8 Å². The summed E-state index contributed by atoms with van der Waals surface area (Å²) in [5.41, 5.74) is 0. The highest BCUT2D eigenvalue weighted by Crippen LogP contribution is 2.00. The maximum absolute atomic E-state index is 8.52. The number of piperazine rings is 1. The van der Waals surface area contributed by atoms with Gasteiger partial charge in [0.1, 0.15) is 0 Å². The smallest absolute Gasteiger partial charge is 0.0698 e. The van der Waals surface area contributed by atoms with E-state index in [0.29, 0.717) is 6.61 Å². The van der Waals surface area contributed by atoms with Gasteiger partial charge in [-0.3, -0.25) is 4.90 Å². The molecule has 1 rings (SSSR count). The Kier molecular flexibility index (Phi) is 6.10. The summed E-state index contributed by atoms with van der Waals surface area (Å²) in [6.45, 7) is 10.4. The molecule has 0 aromatic rings. The van der Waals surface area contributed by atoms with Crippen LogP contribution in [0.25, 0.3) is 0 Å². The molecule has 0 saturated carbocycles. The molecule has 1 aliphatic heterocycles. The molecule has 1 saturated heterocycles. The van der Waals surface area contributed by atoms with E-state index in [-0.39, 0.29) is 6.61 Å². The van der Waals surface area contributed by atoms with Crippen molar-refractivity contribution in [3.8, 4) is 0 Å². The van der Waals surface area contributed by atoms with Crippen LogP contribution in [0, 0.1) is 0 Å². The molecular weight excluding hydrogens is 180 g/mol. The van der Waals surface area contributed by atoms with Gasteiger partial charge < -0.3 is 14.7 Å². The molecule has 1 heterocycles. The Bertz CT molecular complexity index is 136. The van der Waals surface area contributed by atoms with Crippen molar-refractivity contribution in [2.24, 2.45) is 0 Å². The summed E-state index contributed by atoms with van der Waals surface area (Å²) in [6, 6.07) is 0. The van der Waals surface area contributed by atoms with Crippen molar-refractivity contribution in [2.75, 3.05) is 59.1 Å². The van der Waals surface area contributed by atoms with E-state index in [1.165, 1.54) is 13.1 Å². The van der Waals surface area contributed by atoms with Crippen LogP contribution in [-0.4, -0.2) is 74.0 Å². The van der Waals surface area contributed by atoms with Crippen LogP contribution in [0.4, 0.5) is 0 Å². The zero-order valence-corrected chi connectivity index (χ0v) is 9.11. The lowest BCUT2D eigenvalue weighted by Crippen LogP contribution is -2.47. The molecule has 0 aromatic carbocycles. The molecule has 0 spiro atoms. The number of ether oxygens (including phenoxy) is 1. The Labute approximate surface area is 86.4 Å². The summed E-state index contributed by atoms with van der Waals surface area (Å²) >= 11 is 0. The summed E-state index contributed by atoms with van der Waals surface area (Å²) in [5, 5.41) is 8.52. The molecule has 4 nitrogen and oxygen atoms in total. The second kappa shape index (κ2) is 7.17. The molecule has 0 bridgehead atoms. The molecule has 84 valence electrons. The Morgan fingerprint density at radius 3 is 2.29 bits per heavy atom. The molecule has 0 unspecified atom stereocenters. The van der Waals surface area contributed by atoms with Crippen LogP contribution in [0.2, 0.25) is 0 Å². The van der Waals surface area contributed by atoms with Crippen molar-refractivity contribution in [2.45, 2.75) is 6.92 Å². The van der Waals surface area contributed by atoms with Crippen molar-refractivity contribution in [3.05, 3.63) is 0 Å². The molecule has 4 heteroatoms. The molecule has 1 N–H and O–H groups in total. The Morgan fingerprint density at radius 2 is 1.71 bits per heavy atom. The van der Waals surface area contributed by atoms with Crippen LogP contribution >= 0.6 is 0 Å². The van der Waals surface area contributed by atoms with Crippen molar-refractivity contribution in [1.29, 1.82) is 0 Å². The molecular formula is C10H22N2O2. The fraction of sp³-hybridized carbons (Fsp3) is 1.00. The van der Waals surface area contributed by atoms with Crippen LogP contribution < -0.4 is 0 Å². The summed E-state index contributed by atoms with van der Waals surface area (Å²) < 4.78 is 5.23. The van der Waals surface area contributed by atoms with Crippen molar-refractivity contribution >= 4 is 0 Å². The van der Waals surface area contributed by atoms with Gasteiger partial charge in [-0.25, -0.2) is 0 Å².